The SMILES string of the molecule is Cc1ccccc1-c1cc2ccccc2c2c1OP(=O)(O)Oc1c(-c3ccccc3)cc3ccccc3c1-2. The summed E-state index contributed by atoms with van der Waals surface area (Å²) in [7, 11) is -4.56. The molecule has 0 bridgehead atoms. The van der Waals surface area contributed by atoms with Crippen molar-refractivity contribution >= 4 is 29.4 Å². The van der Waals surface area contributed by atoms with Crippen molar-refractivity contribution in [2.75, 3.05) is 0 Å². The van der Waals surface area contributed by atoms with Gasteiger partial charge in [-0.15, -0.1) is 0 Å². The zero-order valence-corrected chi connectivity index (χ0v) is 21.5. The largest absolute Gasteiger partial charge is 0.584 e. The molecule has 0 saturated carbocycles. The third kappa shape index (κ3) is 3.61. The molecule has 6 aromatic carbocycles. The van der Waals surface area contributed by atoms with E-state index in [2.05, 4.69) is 12.1 Å². The summed E-state index contributed by atoms with van der Waals surface area (Å²) in [6.45, 7) is 2.03. The Hall–Kier alpha value is -4.37. The van der Waals surface area contributed by atoms with Crippen LogP contribution in [0.25, 0.3) is 54.9 Å². The van der Waals surface area contributed by atoms with E-state index in [1.54, 1.807) is 0 Å². The van der Waals surface area contributed by atoms with Gasteiger partial charge in [0.05, 0.1) is 0 Å². The van der Waals surface area contributed by atoms with Crippen molar-refractivity contribution < 1.29 is 18.5 Å². The van der Waals surface area contributed by atoms with Crippen LogP contribution >= 0.6 is 7.82 Å². The van der Waals surface area contributed by atoms with Crippen molar-refractivity contribution in [2.45, 2.75) is 6.92 Å². The minimum atomic E-state index is -4.56. The van der Waals surface area contributed by atoms with E-state index in [9.17, 15) is 9.46 Å². The molecule has 0 spiro atoms. The molecule has 0 aliphatic carbocycles. The first kappa shape index (κ1) is 22.8. The molecule has 4 nitrogen and oxygen atoms in total. The van der Waals surface area contributed by atoms with Crippen LogP contribution in [0, 0.1) is 6.92 Å². The Bertz CT molecular complexity index is 1930. The highest BCUT2D eigenvalue weighted by molar-refractivity contribution is 7.48. The molecule has 1 N–H and O–H groups in total. The zero-order chi connectivity index (χ0) is 25.9. The maximum absolute atomic E-state index is 13.6. The molecule has 0 radical (unpaired) electrons. The number of hydrogen-bond acceptors (Lipinski definition) is 3. The van der Waals surface area contributed by atoms with Crippen molar-refractivity contribution in [3.05, 3.63) is 121 Å². The van der Waals surface area contributed by atoms with Gasteiger partial charge in [-0.3, -0.25) is 4.89 Å². The molecule has 184 valence electrons. The maximum Gasteiger partial charge on any atom is 0.584 e. The van der Waals surface area contributed by atoms with Gasteiger partial charge in [0.1, 0.15) is 11.5 Å². The first-order valence-corrected chi connectivity index (χ1v) is 13.9. The van der Waals surface area contributed by atoms with Gasteiger partial charge >= 0.3 is 7.82 Å². The molecule has 7 rings (SSSR count). The van der Waals surface area contributed by atoms with Crippen molar-refractivity contribution in [2.24, 2.45) is 0 Å². The van der Waals surface area contributed by atoms with Crippen LogP contribution in [0.2, 0.25) is 0 Å². The average Bonchev–Trinajstić information content (AvgIpc) is 3.06. The van der Waals surface area contributed by atoms with Gasteiger partial charge in [-0.25, -0.2) is 4.57 Å². The molecule has 5 heteroatoms. The molecule has 0 amide bonds. The second kappa shape index (κ2) is 8.59. The molecule has 1 unspecified atom stereocenters. The van der Waals surface area contributed by atoms with Gasteiger partial charge in [0, 0.05) is 22.3 Å². The highest BCUT2D eigenvalue weighted by Gasteiger charge is 2.37. The Morgan fingerprint density at radius 2 is 1.08 bits per heavy atom. The Morgan fingerprint density at radius 1 is 0.579 bits per heavy atom. The number of rotatable bonds is 2. The summed E-state index contributed by atoms with van der Waals surface area (Å²) >= 11 is 0. The third-order valence-corrected chi connectivity index (χ3v) is 8.01. The molecule has 0 fully saturated rings. The number of benzene rings is 6. The molecular formula is C33H23O4P. The van der Waals surface area contributed by atoms with Gasteiger partial charge in [-0.05, 0) is 57.3 Å². The van der Waals surface area contributed by atoms with Crippen molar-refractivity contribution in [1.82, 2.24) is 0 Å². The first-order valence-electron chi connectivity index (χ1n) is 12.5. The Labute approximate surface area is 220 Å². The average molecular weight is 515 g/mol. The minimum Gasteiger partial charge on any atom is -0.394 e. The minimum absolute atomic E-state index is 0.339. The number of phosphoric ester groups is 1. The van der Waals surface area contributed by atoms with E-state index in [1.807, 2.05) is 110 Å². The zero-order valence-electron chi connectivity index (χ0n) is 20.6. The Morgan fingerprint density at radius 3 is 1.71 bits per heavy atom. The van der Waals surface area contributed by atoms with Crippen LogP contribution in [0.5, 0.6) is 11.5 Å². The van der Waals surface area contributed by atoms with Crippen LogP contribution in [-0.2, 0) is 4.57 Å². The fourth-order valence-corrected chi connectivity index (χ4v) is 6.38. The highest BCUT2D eigenvalue weighted by atomic mass is 31.2. The normalized spacial score (nSPS) is 16.3. The van der Waals surface area contributed by atoms with Gasteiger partial charge in [0.25, 0.3) is 0 Å². The number of aryl methyl sites for hydroxylation is 1. The van der Waals surface area contributed by atoms with E-state index in [4.69, 9.17) is 9.05 Å². The van der Waals surface area contributed by atoms with Crippen LogP contribution in [0.15, 0.2) is 115 Å². The molecule has 6 aromatic rings. The summed E-state index contributed by atoms with van der Waals surface area (Å²) in [6.07, 6.45) is 0. The van der Waals surface area contributed by atoms with Gasteiger partial charge in [-0.1, -0.05) is 103 Å². The molecule has 38 heavy (non-hydrogen) atoms. The fraction of sp³-hybridized carbons (Fsp3) is 0.0303. The summed E-state index contributed by atoms with van der Waals surface area (Å²) in [5.74, 6) is 0.685. The van der Waals surface area contributed by atoms with E-state index in [-0.39, 0.29) is 0 Å². The standard InChI is InChI=1S/C33H23O4P/c1-21-11-5-8-16-25(21)29-20-24-15-7-10-18-27(24)31-30-26-17-9-6-14-23(26)19-28(22-12-3-2-4-13-22)32(30)36-38(34,35)37-33(29)31/h2-20H,1H3,(H,34,35). The molecule has 1 atom stereocenters. The lowest BCUT2D eigenvalue weighted by atomic mass is 9.86. The first-order chi connectivity index (χ1) is 18.5. The number of hydrogen-bond donors (Lipinski definition) is 1. The highest BCUT2D eigenvalue weighted by Crippen LogP contribution is 2.61. The molecule has 1 aliphatic rings. The van der Waals surface area contributed by atoms with E-state index in [0.29, 0.717) is 11.5 Å². The third-order valence-electron chi connectivity index (χ3n) is 7.19. The van der Waals surface area contributed by atoms with Crippen molar-refractivity contribution in [3.8, 4) is 44.9 Å². The van der Waals surface area contributed by atoms with Crippen LogP contribution in [0.1, 0.15) is 5.56 Å². The number of phosphoric acid groups is 1. The lowest BCUT2D eigenvalue weighted by Gasteiger charge is -2.19. The van der Waals surface area contributed by atoms with Crippen LogP contribution < -0.4 is 9.05 Å². The van der Waals surface area contributed by atoms with Crippen molar-refractivity contribution in [3.63, 3.8) is 0 Å². The Kier molecular flexibility index (Phi) is 5.16. The van der Waals surface area contributed by atoms with E-state index < -0.39 is 7.82 Å². The van der Waals surface area contributed by atoms with Gasteiger partial charge < -0.3 is 9.05 Å². The molecule has 0 saturated heterocycles. The second-order valence-corrected chi connectivity index (χ2v) is 10.8. The molecule has 0 aromatic heterocycles. The Balaban J connectivity index is 1.73. The van der Waals surface area contributed by atoms with Gasteiger partial charge in [0.2, 0.25) is 0 Å². The van der Waals surface area contributed by atoms with Crippen LogP contribution in [0.3, 0.4) is 0 Å². The monoisotopic (exact) mass is 514 g/mol. The maximum atomic E-state index is 13.6. The summed E-state index contributed by atoms with van der Waals surface area (Å²) in [5, 5.41) is 3.84. The van der Waals surface area contributed by atoms with Gasteiger partial charge in [-0.2, -0.15) is 0 Å². The molecule has 1 aliphatic heterocycles. The lowest BCUT2D eigenvalue weighted by Crippen LogP contribution is -2.00. The van der Waals surface area contributed by atoms with Crippen LogP contribution in [-0.4, -0.2) is 4.89 Å². The predicted octanol–water partition coefficient (Wildman–Crippen LogP) is 9.17. The van der Waals surface area contributed by atoms with Crippen molar-refractivity contribution in [1.29, 1.82) is 0 Å². The summed E-state index contributed by atoms with van der Waals surface area (Å²) in [5.41, 5.74) is 5.83. The molecular weight excluding hydrogens is 491 g/mol. The summed E-state index contributed by atoms with van der Waals surface area (Å²) < 4.78 is 25.6. The van der Waals surface area contributed by atoms with E-state index in [1.165, 1.54) is 0 Å². The van der Waals surface area contributed by atoms with Gasteiger partial charge in [0.15, 0.2) is 0 Å². The van der Waals surface area contributed by atoms with Crippen LogP contribution in [0.4, 0.5) is 0 Å². The summed E-state index contributed by atoms with van der Waals surface area (Å²) in [4.78, 5) is 11.1. The topological polar surface area (TPSA) is 55.8 Å². The second-order valence-electron chi connectivity index (χ2n) is 9.53. The van der Waals surface area contributed by atoms with E-state index >= 15 is 0 Å². The lowest BCUT2D eigenvalue weighted by molar-refractivity contribution is 0.295. The quantitative estimate of drug-likeness (QED) is 0.234. The fourth-order valence-electron chi connectivity index (χ4n) is 5.50. The molecule has 1 heterocycles. The number of fused-ring (bicyclic) bond motifs is 7. The smallest absolute Gasteiger partial charge is 0.394 e. The predicted molar refractivity (Wildman–Crippen MR) is 154 cm³/mol. The van der Waals surface area contributed by atoms with E-state index in [0.717, 1.165) is 60.5 Å². The summed E-state index contributed by atoms with van der Waals surface area (Å²) in [6, 6.07) is 37.9.